The molecule has 1 N–H and O–H groups in total. The van der Waals surface area contributed by atoms with E-state index in [1.807, 2.05) is 24.3 Å². The molecule has 6 nitrogen and oxygen atoms in total. The van der Waals surface area contributed by atoms with Crippen molar-refractivity contribution in [3.63, 3.8) is 0 Å². The highest BCUT2D eigenvalue weighted by molar-refractivity contribution is 5.91. The molecule has 0 saturated carbocycles. The molecule has 0 bridgehead atoms. The maximum Gasteiger partial charge on any atom is 0.244 e. The van der Waals surface area contributed by atoms with Crippen LogP contribution in [-0.2, 0) is 22.6 Å². The van der Waals surface area contributed by atoms with Crippen LogP contribution in [0.5, 0.6) is 11.5 Å². The van der Waals surface area contributed by atoms with E-state index >= 15 is 0 Å². The summed E-state index contributed by atoms with van der Waals surface area (Å²) in [7, 11) is 3.20. The van der Waals surface area contributed by atoms with Crippen LogP contribution >= 0.6 is 0 Å². The maximum absolute atomic E-state index is 12.3. The average Bonchev–Trinajstić information content (AvgIpc) is 2.77. The molecular formula is C23H28N2O4. The molecular weight excluding hydrogens is 368 g/mol. The van der Waals surface area contributed by atoms with E-state index in [4.69, 9.17) is 14.2 Å². The number of rotatable bonds is 8. The summed E-state index contributed by atoms with van der Waals surface area (Å²) in [4.78, 5) is 14.7. The Morgan fingerprint density at radius 2 is 1.72 bits per heavy atom. The highest BCUT2D eigenvalue weighted by Gasteiger charge is 2.12. The number of benzene rings is 2. The van der Waals surface area contributed by atoms with Gasteiger partial charge >= 0.3 is 0 Å². The van der Waals surface area contributed by atoms with Crippen LogP contribution < -0.4 is 14.8 Å². The van der Waals surface area contributed by atoms with Crippen LogP contribution in [0.4, 0.5) is 0 Å². The zero-order chi connectivity index (χ0) is 20.5. The number of morpholine rings is 1. The van der Waals surface area contributed by atoms with Gasteiger partial charge in [-0.2, -0.15) is 0 Å². The molecule has 2 aromatic rings. The van der Waals surface area contributed by atoms with E-state index in [1.165, 1.54) is 11.6 Å². The number of carbonyl (C=O) groups excluding carboxylic acids is 1. The first kappa shape index (κ1) is 20.9. The van der Waals surface area contributed by atoms with Crippen LogP contribution in [0.1, 0.15) is 16.7 Å². The van der Waals surface area contributed by atoms with Crippen molar-refractivity contribution in [1.29, 1.82) is 0 Å². The van der Waals surface area contributed by atoms with Gasteiger partial charge in [-0.25, -0.2) is 0 Å². The Morgan fingerprint density at radius 3 is 2.38 bits per heavy atom. The molecule has 6 heteroatoms. The summed E-state index contributed by atoms with van der Waals surface area (Å²) in [5.41, 5.74) is 3.20. The summed E-state index contributed by atoms with van der Waals surface area (Å²) < 4.78 is 15.9. The van der Waals surface area contributed by atoms with Gasteiger partial charge in [-0.15, -0.1) is 0 Å². The van der Waals surface area contributed by atoms with Crippen LogP contribution in [-0.4, -0.2) is 51.3 Å². The molecule has 1 aliphatic rings. The van der Waals surface area contributed by atoms with Crippen molar-refractivity contribution in [1.82, 2.24) is 10.2 Å². The summed E-state index contributed by atoms with van der Waals surface area (Å²) in [6.07, 6.45) is 3.28. The molecule has 0 aliphatic carbocycles. The second-order valence-corrected chi connectivity index (χ2v) is 6.85. The zero-order valence-corrected chi connectivity index (χ0v) is 17.0. The van der Waals surface area contributed by atoms with Crippen molar-refractivity contribution in [3.8, 4) is 11.5 Å². The topological polar surface area (TPSA) is 60.0 Å². The van der Waals surface area contributed by atoms with Gasteiger partial charge in [-0.05, 0) is 34.9 Å². The van der Waals surface area contributed by atoms with E-state index in [0.29, 0.717) is 18.0 Å². The Bertz CT molecular complexity index is 822. The second-order valence-electron chi connectivity index (χ2n) is 6.85. The number of nitrogens with zero attached hydrogens (tertiary/aromatic N) is 1. The van der Waals surface area contributed by atoms with Gasteiger partial charge in [-0.3, -0.25) is 9.69 Å². The Morgan fingerprint density at radius 1 is 1.07 bits per heavy atom. The van der Waals surface area contributed by atoms with Gasteiger partial charge in [0.2, 0.25) is 5.91 Å². The SMILES string of the molecule is COc1cc(/C=C/C(=O)NCc2ccccc2CN2CCOCC2)cc(OC)c1. The standard InChI is InChI=1S/C23H28N2O4/c1-27-21-13-18(14-22(15-21)28-2)7-8-23(26)24-16-19-5-3-4-6-20(19)17-25-9-11-29-12-10-25/h3-8,13-15H,9-12,16-17H2,1-2H3,(H,24,26)/b8-7+. The fourth-order valence-corrected chi connectivity index (χ4v) is 3.22. The molecule has 0 unspecified atom stereocenters. The Hall–Kier alpha value is -2.83. The summed E-state index contributed by atoms with van der Waals surface area (Å²) in [5.74, 6) is 1.22. The fourth-order valence-electron chi connectivity index (χ4n) is 3.22. The second kappa shape index (κ2) is 10.6. The summed E-state index contributed by atoms with van der Waals surface area (Å²) in [6.45, 7) is 4.79. The molecule has 0 radical (unpaired) electrons. The Labute approximate surface area is 172 Å². The van der Waals surface area contributed by atoms with E-state index < -0.39 is 0 Å². The monoisotopic (exact) mass is 396 g/mol. The van der Waals surface area contributed by atoms with E-state index in [1.54, 1.807) is 26.4 Å². The Kier molecular flexibility index (Phi) is 7.67. The minimum atomic E-state index is -0.145. The first-order valence-electron chi connectivity index (χ1n) is 9.74. The quantitative estimate of drug-likeness (QED) is 0.696. The number of hydrogen-bond donors (Lipinski definition) is 1. The molecule has 3 rings (SSSR count). The highest BCUT2D eigenvalue weighted by Crippen LogP contribution is 2.23. The summed E-state index contributed by atoms with van der Waals surface area (Å²) >= 11 is 0. The van der Waals surface area contributed by atoms with E-state index in [-0.39, 0.29) is 5.91 Å². The molecule has 29 heavy (non-hydrogen) atoms. The predicted octanol–water partition coefficient (Wildman–Crippen LogP) is 2.87. The van der Waals surface area contributed by atoms with E-state index in [2.05, 4.69) is 22.3 Å². The van der Waals surface area contributed by atoms with Crippen LogP contribution in [0.2, 0.25) is 0 Å². The lowest BCUT2D eigenvalue weighted by Gasteiger charge is -2.27. The van der Waals surface area contributed by atoms with Gasteiger partial charge in [0.05, 0.1) is 27.4 Å². The number of hydrogen-bond acceptors (Lipinski definition) is 5. The largest absolute Gasteiger partial charge is 0.497 e. The van der Waals surface area contributed by atoms with Crippen molar-refractivity contribution >= 4 is 12.0 Å². The minimum absolute atomic E-state index is 0.145. The van der Waals surface area contributed by atoms with Crippen molar-refractivity contribution in [2.45, 2.75) is 13.1 Å². The third-order valence-corrected chi connectivity index (χ3v) is 4.87. The van der Waals surface area contributed by atoms with Crippen LogP contribution in [0, 0.1) is 0 Å². The van der Waals surface area contributed by atoms with E-state index in [9.17, 15) is 4.79 Å². The van der Waals surface area contributed by atoms with Crippen molar-refractivity contribution in [2.24, 2.45) is 0 Å². The summed E-state index contributed by atoms with van der Waals surface area (Å²) in [6, 6.07) is 13.7. The third-order valence-electron chi connectivity index (χ3n) is 4.87. The summed E-state index contributed by atoms with van der Waals surface area (Å²) in [5, 5.41) is 2.97. The van der Waals surface area contributed by atoms with Gasteiger partial charge in [0, 0.05) is 38.3 Å². The average molecular weight is 396 g/mol. The van der Waals surface area contributed by atoms with Gasteiger partial charge in [0.15, 0.2) is 0 Å². The third kappa shape index (κ3) is 6.34. The number of carbonyl (C=O) groups is 1. The number of amides is 1. The predicted molar refractivity (Wildman–Crippen MR) is 113 cm³/mol. The molecule has 154 valence electrons. The van der Waals surface area contributed by atoms with Gasteiger partial charge in [0.1, 0.15) is 11.5 Å². The molecule has 0 spiro atoms. The van der Waals surface area contributed by atoms with Crippen LogP contribution in [0.3, 0.4) is 0 Å². The van der Waals surface area contributed by atoms with Crippen LogP contribution in [0.25, 0.3) is 6.08 Å². The van der Waals surface area contributed by atoms with Crippen LogP contribution in [0.15, 0.2) is 48.5 Å². The molecule has 1 amide bonds. The smallest absolute Gasteiger partial charge is 0.244 e. The lowest BCUT2D eigenvalue weighted by atomic mass is 10.1. The number of nitrogens with one attached hydrogen (secondary N) is 1. The zero-order valence-electron chi connectivity index (χ0n) is 17.0. The first-order chi connectivity index (χ1) is 14.2. The molecule has 1 heterocycles. The lowest BCUT2D eigenvalue weighted by molar-refractivity contribution is -0.116. The normalized spacial score (nSPS) is 14.7. The lowest BCUT2D eigenvalue weighted by Crippen LogP contribution is -2.36. The van der Waals surface area contributed by atoms with Crippen molar-refractivity contribution in [2.75, 3.05) is 40.5 Å². The molecule has 1 aliphatic heterocycles. The van der Waals surface area contributed by atoms with Crippen molar-refractivity contribution < 1.29 is 19.0 Å². The molecule has 2 aromatic carbocycles. The molecule has 1 fully saturated rings. The maximum atomic E-state index is 12.3. The Balaban J connectivity index is 1.59. The van der Waals surface area contributed by atoms with Gasteiger partial charge in [0.25, 0.3) is 0 Å². The number of methoxy groups -OCH3 is 2. The molecule has 0 atom stereocenters. The van der Waals surface area contributed by atoms with Gasteiger partial charge in [-0.1, -0.05) is 24.3 Å². The fraction of sp³-hybridized carbons (Fsp3) is 0.348. The molecule has 1 saturated heterocycles. The minimum Gasteiger partial charge on any atom is -0.497 e. The first-order valence-corrected chi connectivity index (χ1v) is 9.74. The van der Waals surface area contributed by atoms with E-state index in [0.717, 1.165) is 44.0 Å². The van der Waals surface area contributed by atoms with Gasteiger partial charge < -0.3 is 19.5 Å². The number of ether oxygens (including phenoxy) is 3. The van der Waals surface area contributed by atoms with Crippen molar-refractivity contribution in [3.05, 3.63) is 65.2 Å². The highest BCUT2D eigenvalue weighted by atomic mass is 16.5. The molecule has 0 aromatic heterocycles.